The summed E-state index contributed by atoms with van der Waals surface area (Å²) in [6.45, 7) is 3.07. The molecule has 5 rings (SSSR count). The van der Waals surface area contributed by atoms with Crippen LogP contribution in [0.5, 0.6) is 11.5 Å². The van der Waals surface area contributed by atoms with E-state index in [2.05, 4.69) is 0 Å². The standard InChI is InChI=1S/C22H19FN2O5/c1-11-10-30-21-18-15(20(26)16(22(27)28)9-25(11)18)6-17(23)19(21)24-7-12-3-4-14(29-2)5-13(12)8-24/h3-6,9,11H,7-8,10H2,1-2H3,(H,27,28). The van der Waals surface area contributed by atoms with Gasteiger partial charge in [0, 0.05) is 19.3 Å². The van der Waals surface area contributed by atoms with Crippen LogP contribution in [0, 0.1) is 5.82 Å². The number of pyridine rings is 1. The topological polar surface area (TPSA) is 81.0 Å². The number of hydrogen-bond donors (Lipinski definition) is 1. The number of nitrogens with zero attached hydrogens (tertiary/aromatic N) is 2. The number of carboxylic acid groups (broad SMARTS) is 1. The second-order valence-electron chi connectivity index (χ2n) is 7.67. The predicted molar refractivity (Wildman–Crippen MR) is 108 cm³/mol. The molecule has 0 fully saturated rings. The van der Waals surface area contributed by atoms with Crippen molar-refractivity contribution in [3.63, 3.8) is 0 Å². The third-order valence-corrected chi connectivity index (χ3v) is 5.82. The normalized spacial score (nSPS) is 17.0. The van der Waals surface area contributed by atoms with Gasteiger partial charge in [-0.05, 0) is 36.2 Å². The maximum absolute atomic E-state index is 15.3. The first-order valence-corrected chi connectivity index (χ1v) is 9.57. The van der Waals surface area contributed by atoms with Gasteiger partial charge in [0.15, 0.2) is 11.6 Å². The Morgan fingerprint density at radius 1 is 1.27 bits per heavy atom. The molecule has 1 N–H and O–H groups in total. The minimum atomic E-state index is -1.33. The number of halogens is 1. The van der Waals surface area contributed by atoms with Crippen molar-refractivity contribution in [2.75, 3.05) is 18.6 Å². The molecule has 0 saturated carbocycles. The molecule has 2 aromatic carbocycles. The van der Waals surface area contributed by atoms with E-state index in [1.54, 1.807) is 11.7 Å². The number of carbonyl (C=O) groups is 1. The summed E-state index contributed by atoms with van der Waals surface area (Å²) in [5.74, 6) is -0.940. The molecule has 154 valence electrons. The summed E-state index contributed by atoms with van der Waals surface area (Å²) < 4.78 is 28.2. The summed E-state index contributed by atoms with van der Waals surface area (Å²) in [5.41, 5.74) is 1.70. The van der Waals surface area contributed by atoms with Gasteiger partial charge in [0.1, 0.15) is 23.6 Å². The molecule has 3 aromatic rings. The van der Waals surface area contributed by atoms with Gasteiger partial charge in [-0.1, -0.05) is 6.07 Å². The van der Waals surface area contributed by atoms with E-state index in [9.17, 15) is 14.7 Å². The Balaban J connectivity index is 1.72. The Labute approximate surface area is 170 Å². The van der Waals surface area contributed by atoms with E-state index in [0.717, 1.165) is 22.9 Å². The molecule has 2 aliphatic rings. The Morgan fingerprint density at radius 2 is 2.03 bits per heavy atom. The number of ether oxygens (including phenoxy) is 2. The monoisotopic (exact) mass is 410 g/mol. The Kier molecular flexibility index (Phi) is 3.99. The van der Waals surface area contributed by atoms with Gasteiger partial charge >= 0.3 is 5.97 Å². The quantitative estimate of drug-likeness (QED) is 0.714. The second kappa shape index (κ2) is 6.48. The predicted octanol–water partition coefficient (Wildman–Crippen LogP) is 3.32. The van der Waals surface area contributed by atoms with Gasteiger partial charge < -0.3 is 24.0 Å². The lowest BCUT2D eigenvalue weighted by Gasteiger charge is -2.31. The van der Waals surface area contributed by atoms with Crippen LogP contribution in [0.4, 0.5) is 10.1 Å². The van der Waals surface area contributed by atoms with Gasteiger partial charge in [0.2, 0.25) is 5.43 Å². The van der Waals surface area contributed by atoms with Crippen molar-refractivity contribution in [3.05, 3.63) is 63.2 Å². The molecule has 0 bridgehead atoms. The fourth-order valence-corrected chi connectivity index (χ4v) is 4.31. The molecular formula is C22H19FN2O5. The number of rotatable bonds is 3. The number of hydrogen-bond acceptors (Lipinski definition) is 5. The zero-order valence-corrected chi connectivity index (χ0v) is 16.4. The molecule has 8 heteroatoms. The minimum Gasteiger partial charge on any atom is -0.497 e. The van der Waals surface area contributed by atoms with E-state index in [1.807, 2.05) is 30.0 Å². The van der Waals surface area contributed by atoms with Gasteiger partial charge in [-0.2, -0.15) is 0 Å². The molecule has 1 unspecified atom stereocenters. The Hall–Kier alpha value is -3.55. The zero-order valence-electron chi connectivity index (χ0n) is 16.4. The molecule has 0 aliphatic carbocycles. The van der Waals surface area contributed by atoms with E-state index < -0.39 is 17.2 Å². The van der Waals surface area contributed by atoms with Crippen LogP contribution in [0.1, 0.15) is 34.5 Å². The molecule has 0 spiro atoms. The molecule has 7 nitrogen and oxygen atoms in total. The fourth-order valence-electron chi connectivity index (χ4n) is 4.31. The summed E-state index contributed by atoms with van der Waals surface area (Å²) in [6, 6.07) is 6.68. The number of fused-ring (bicyclic) bond motifs is 1. The number of aromatic nitrogens is 1. The molecule has 2 aliphatic heterocycles. The van der Waals surface area contributed by atoms with Gasteiger partial charge in [-0.25, -0.2) is 9.18 Å². The van der Waals surface area contributed by atoms with Gasteiger partial charge in [0.05, 0.1) is 24.1 Å². The summed E-state index contributed by atoms with van der Waals surface area (Å²) in [4.78, 5) is 26.1. The van der Waals surface area contributed by atoms with E-state index in [4.69, 9.17) is 9.47 Å². The highest BCUT2D eigenvalue weighted by molar-refractivity contribution is 5.97. The van der Waals surface area contributed by atoms with Crippen LogP contribution in [0.25, 0.3) is 10.9 Å². The Bertz CT molecular complexity index is 1280. The van der Waals surface area contributed by atoms with Gasteiger partial charge in [-0.15, -0.1) is 0 Å². The molecule has 30 heavy (non-hydrogen) atoms. The van der Waals surface area contributed by atoms with Crippen LogP contribution < -0.4 is 19.8 Å². The fraction of sp³-hybridized carbons (Fsp3) is 0.273. The number of carboxylic acids is 1. The maximum Gasteiger partial charge on any atom is 0.341 e. The van der Waals surface area contributed by atoms with Crippen molar-refractivity contribution in [2.45, 2.75) is 26.1 Å². The van der Waals surface area contributed by atoms with Crippen LogP contribution in [-0.2, 0) is 13.1 Å². The highest BCUT2D eigenvalue weighted by Gasteiger charge is 2.32. The zero-order chi connectivity index (χ0) is 21.2. The molecular weight excluding hydrogens is 391 g/mol. The molecule has 0 amide bonds. The van der Waals surface area contributed by atoms with E-state index in [-0.39, 0.29) is 35.0 Å². The van der Waals surface area contributed by atoms with Crippen molar-refractivity contribution in [1.29, 1.82) is 0 Å². The van der Waals surface area contributed by atoms with E-state index >= 15 is 4.39 Å². The summed E-state index contributed by atoms with van der Waals surface area (Å²) in [6.07, 6.45) is 1.33. The minimum absolute atomic E-state index is 0.0103. The van der Waals surface area contributed by atoms with Crippen molar-refractivity contribution >= 4 is 22.6 Å². The molecule has 1 atom stereocenters. The average Bonchev–Trinajstić information content (AvgIpc) is 3.14. The third-order valence-electron chi connectivity index (χ3n) is 5.82. The van der Waals surface area contributed by atoms with Crippen LogP contribution >= 0.6 is 0 Å². The number of aromatic carboxylic acids is 1. The largest absolute Gasteiger partial charge is 0.497 e. The number of anilines is 1. The lowest BCUT2D eigenvalue weighted by atomic mass is 10.1. The average molecular weight is 410 g/mol. The van der Waals surface area contributed by atoms with Crippen LogP contribution in [0.3, 0.4) is 0 Å². The van der Waals surface area contributed by atoms with E-state index in [1.165, 1.54) is 6.20 Å². The summed E-state index contributed by atoms with van der Waals surface area (Å²) in [5, 5.41) is 9.41. The van der Waals surface area contributed by atoms with Gasteiger partial charge in [0.25, 0.3) is 0 Å². The van der Waals surface area contributed by atoms with E-state index in [0.29, 0.717) is 18.6 Å². The number of methoxy groups -OCH3 is 1. The first-order valence-electron chi connectivity index (χ1n) is 9.57. The summed E-state index contributed by atoms with van der Waals surface area (Å²) in [7, 11) is 1.60. The molecule has 3 heterocycles. The van der Waals surface area contributed by atoms with Crippen molar-refractivity contribution in [3.8, 4) is 11.5 Å². The van der Waals surface area contributed by atoms with Crippen molar-refractivity contribution in [2.24, 2.45) is 0 Å². The van der Waals surface area contributed by atoms with Crippen molar-refractivity contribution < 1.29 is 23.8 Å². The van der Waals surface area contributed by atoms with Crippen LogP contribution in [-0.4, -0.2) is 29.4 Å². The lowest BCUT2D eigenvalue weighted by molar-refractivity contribution is 0.0694. The van der Waals surface area contributed by atoms with Gasteiger partial charge in [-0.3, -0.25) is 4.79 Å². The maximum atomic E-state index is 15.3. The van der Waals surface area contributed by atoms with Crippen LogP contribution in [0.2, 0.25) is 0 Å². The SMILES string of the molecule is COc1ccc2c(c1)CN(c1c(F)cc3c(=O)c(C(=O)O)cn4c3c1OCC4C)C2. The van der Waals surface area contributed by atoms with Crippen LogP contribution in [0.15, 0.2) is 35.3 Å². The second-order valence-corrected chi connectivity index (χ2v) is 7.67. The smallest absolute Gasteiger partial charge is 0.341 e. The molecule has 1 aromatic heterocycles. The first-order chi connectivity index (χ1) is 14.4. The number of benzene rings is 2. The van der Waals surface area contributed by atoms with Crippen molar-refractivity contribution in [1.82, 2.24) is 4.57 Å². The lowest BCUT2D eigenvalue weighted by Crippen LogP contribution is -2.28. The first kappa shape index (κ1) is 18.5. The highest BCUT2D eigenvalue weighted by atomic mass is 19.1. The highest BCUT2D eigenvalue weighted by Crippen LogP contribution is 2.44. The Morgan fingerprint density at radius 3 is 2.77 bits per heavy atom. The third kappa shape index (κ3) is 2.56. The molecule has 0 saturated heterocycles. The summed E-state index contributed by atoms with van der Waals surface area (Å²) >= 11 is 0. The molecule has 0 radical (unpaired) electrons.